The third kappa shape index (κ3) is 5.53. The van der Waals surface area contributed by atoms with E-state index in [2.05, 4.69) is 12.2 Å². The van der Waals surface area contributed by atoms with Gasteiger partial charge in [-0.05, 0) is 37.6 Å². The third-order valence-electron chi connectivity index (χ3n) is 3.88. The predicted molar refractivity (Wildman–Crippen MR) is 91.2 cm³/mol. The number of hydrogen-bond donors (Lipinski definition) is 1. The van der Waals surface area contributed by atoms with Crippen molar-refractivity contribution in [3.05, 3.63) is 29.8 Å². The smallest absolute Gasteiger partial charge is 0.251 e. The van der Waals surface area contributed by atoms with E-state index in [-0.39, 0.29) is 24.5 Å². The lowest BCUT2D eigenvalue weighted by Gasteiger charge is -2.31. The fraction of sp³-hybridized carbons (Fsp3) is 0.556. The number of rotatable bonds is 7. The van der Waals surface area contributed by atoms with Crippen LogP contribution in [-0.4, -0.2) is 55.7 Å². The summed E-state index contributed by atoms with van der Waals surface area (Å²) >= 11 is 0. The van der Waals surface area contributed by atoms with Gasteiger partial charge in [-0.1, -0.05) is 13.3 Å². The number of ether oxygens (including phenoxy) is 2. The number of carbonyl (C=O) groups is 2. The van der Waals surface area contributed by atoms with E-state index < -0.39 is 0 Å². The summed E-state index contributed by atoms with van der Waals surface area (Å²) in [6, 6.07) is 6.96. The highest BCUT2D eigenvalue weighted by Gasteiger charge is 2.21. The van der Waals surface area contributed by atoms with E-state index >= 15 is 0 Å². The lowest BCUT2D eigenvalue weighted by molar-refractivity contribution is -0.137. The number of morpholine rings is 1. The molecule has 1 fully saturated rings. The fourth-order valence-corrected chi connectivity index (χ4v) is 2.45. The molecule has 2 rings (SSSR count). The first-order chi connectivity index (χ1) is 11.6. The summed E-state index contributed by atoms with van der Waals surface area (Å²) < 4.78 is 11.0. The Morgan fingerprint density at radius 2 is 2.08 bits per heavy atom. The molecule has 6 heteroatoms. The second kappa shape index (κ2) is 9.27. The van der Waals surface area contributed by atoms with Crippen molar-refractivity contribution < 1.29 is 19.1 Å². The van der Waals surface area contributed by atoms with Gasteiger partial charge in [-0.3, -0.25) is 9.59 Å². The van der Waals surface area contributed by atoms with Crippen LogP contribution < -0.4 is 10.1 Å². The van der Waals surface area contributed by atoms with Crippen LogP contribution in [0.1, 0.15) is 37.0 Å². The number of unbranched alkanes of at least 4 members (excludes halogenated alkanes) is 1. The van der Waals surface area contributed by atoms with Gasteiger partial charge in [0.1, 0.15) is 5.75 Å². The zero-order valence-electron chi connectivity index (χ0n) is 14.4. The van der Waals surface area contributed by atoms with E-state index in [0.717, 1.165) is 18.6 Å². The monoisotopic (exact) mass is 334 g/mol. The van der Waals surface area contributed by atoms with Gasteiger partial charge in [0.05, 0.1) is 25.9 Å². The van der Waals surface area contributed by atoms with Crippen molar-refractivity contribution in [2.45, 2.75) is 32.8 Å². The van der Waals surface area contributed by atoms with Gasteiger partial charge in [0.2, 0.25) is 5.91 Å². The van der Waals surface area contributed by atoms with Crippen LogP contribution in [0.2, 0.25) is 0 Å². The van der Waals surface area contributed by atoms with Crippen molar-refractivity contribution >= 4 is 11.8 Å². The van der Waals surface area contributed by atoms with Gasteiger partial charge in [0.15, 0.2) is 0 Å². The molecule has 1 heterocycles. The van der Waals surface area contributed by atoms with E-state index in [9.17, 15) is 9.59 Å². The molecule has 0 saturated carbocycles. The Morgan fingerprint density at radius 3 is 2.75 bits per heavy atom. The first kappa shape index (κ1) is 18.3. The number of hydrogen-bond acceptors (Lipinski definition) is 4. The molecule has 6 nitrogen and oxygen atoms in total. The molecule has 1 aliphatic rings. The fourth-order valence-electron chi connectivity index (χ4n) is 2.45. The van der Waals surface area contributed by atoms with Gasteiger partial charge in [-0.15, -0.1) is 0 Å². The highest BCUT2D eigenvalue weighted by atomic mass is 16.5. The van der Waals surface area contributed by atoms with E-state index in [1.165, 1.54) is 0 Å². The summed E-state index contributed by atoms with van der Waals surface area (Å²) in [5.74, 6) is 0.404. The topological polar surface area (TPSA) is 67.9 Å². The Balaban J connectivity index is 1.78. The number of amides is 2. The summed E-state index contributed by atoms with van der Waals surface area (Å²) in [7, 11) is 0. The van der Waals surface area contributed by atoms with Crippen molar-refractivity contribution in [2.75, 3.05) is 32.8 Å². The molecule has 0 aliphatic carbocycles. The van der Waals surface area contributed by atoms with Crippen LogP contribution in [0.25, 0.3) is 0 Å². The number of carbonyl (C=O) groups excluding carboxylic acids is 2. The van der Waals surface area contributed by atoms with Gasteiger partial charge >= 0.3 is 0 Å². The van der Waals surface area contributed by atoms with Crippen LogP contribution in [0.3, 0.4) is 0 Å². The van der Waals surface area contributed by atoms with Crippen molar-refractivity contribution in [2.24, 2.45) is 0 Å². The molecule has 0 radical (unpaired) electrons. The van der Waals surface area contributed by atoms with Gasteiger partial charge in [0, 0.05) is 18.7 Å². The third-order valence-corrected chi connectivity index (χ3v) is 3.88. The van der Waals surface area contributed by atoms with Gasteiger partial charge in [-0.25, -0.2) is 0 Å². The standard InChI is InChI=1S/C18H26N2O4/c1-3-4-10-24-16-7-5-15(6-8-16)18(22)19-12-17(21)20-9-11-23-14(2)13-20/h5-8,14H,3-4,9-13H2,1-2H3,(H,19,22). The van der Waals surface area contributed by atoms with Crippen LogP contribution in [0, 0.1) is 0 Å². The minimum absolute atomic E-state index is 0.000302. The molecule has 132 valence electrons. The number of nitrogens with one attached hydrogen (secondary N) is 1. The van der Waals surface area contributed by atoms with E-state index in [1.807, 2.05) is 6.92 Å². The lowest BCUT2D eigenvalue weighted by atomic mass is 10.2. The van der Waals surface area contributed by atoms with E-state index in [4.69, 9.17) is 9.47 Å². The van der Waals surface area contributed by atoms with Crippen LogP contribution in [-0.2, 0) is 9.53 Å². The van der Waals surface area contributed by atoms with Gasteiger partial charge in [0.25, 0.3) is 5.91 Å². The highest BCUT2D eigenvalue weighted by molar-refractivity contribution is 5.96. The molecule has 1 saturated heterocycles. The van der Waals surface area contributed by atoms with Gasteiger partial charge in [-0.2, -0.15) is 0 Å². The average Bonchev–Trinajstić information content (AvgIpc) is 2.60. The molecule has 0 bridgehead atoms. The molecule has 1 atom stereocenters. The maximum absolute atomic E-state index is 12.1. The summed E-state index contributed by atoms with van der Waals surface area (Å²) in [6.07, 6.45) is 2.12. The molecule has 1 unspecified atom stereocenters. The molecule has 0 spiro atoms. The lowest BCUT2D eigenvalue weighted by Crippen LogP contribution is -2.48. The van der Waals surface area contributed by atoms with Crippen LogP contribution in [0.15, 0.2) is 24.3 Å². The minimum atomic E-state index is -0.259. The normalized spacial score (nSPS) is 17.4. The second-order valence-electron chi connectivity index (χ2n) is 5.93. The van der Waals surface area contributed by atoms with Crippen LogP contribution in [0.4, 0.5) is 0 Å². The molecule has 1 aliphatic heterocycles. The molecule has 1 aromatic carbocycles. The SMILES string of the molecule is CCCCOc1ccc(C(=O)NCC(=O)N2CCOC(C)C2)cc1. The molecule has 2 amide bonds. The van der Waals surface area contributed by atoms with E-state index in [1.54, 1.807) is 29.2 Å². The minimum Gasteiger partial charge on any atom is -0.494 e. The van der Waals surface area contributed by atoms with Crippen molar-refractivity contribution in [1.82, 2.24) is 10.2 Å². The van der Waals surface area contributed by atoms with Crippen LogP contribution in [0.5, 0.6) is 5.75 Å². The second-order valence-corrected chi connectivity index (χ2v) is 5.93. The zero-order valence-corrected chi connectivity index (χ0v) is 14.4. The largest absolute Gasteiger partial charge is 0.494 e. The molecule has 0 aromatic heterocycles. The molecular formula is C18H26N2O4. The quantitative estimate of drug-likeness (QED) is 0.773. The Hall–Kier alpha value is -2.08. The molecular weight excluding hydrogens is 308 g/mol. The van der Waals surface area contributed by atoms with Crippen molar-refractivity contribution in [3.63, 3.8) is 0 Å². The van der Waals surface area contributed by atoms with Crippen molar-refractivity contribution in [3.8, 4) is 5.75 Å². The Morgan fingerprint density at radius 1 is 1.33 bits per heavy atom. The average molecular weight is 334 g/mol. The predicted octanol–water partition coefficient (Wildman–Crippen LogP) is 1.84. The zero-order chi connectivity index (χ0) is 17.4. The molecule has 24 heavy (non-hydrogen) atoms. The first-order valence-corrected chi connectivity index (χ1v) is 8.50. The molecule has 1 aromatic rings. The van der Waals surface area contributed by atoms with E-state index in [0.29, 0.717) is 31.9 Å². The Labute approximate surface area is 143 Å². The molecule has 1 N–H and O–H groups in total. The number of nitrogens with zero attached hydrogens (tertiary/aromatic N) is 1. The summed E-state index contributed by atoms with van der Waals surface area (Å²) in [6.45, 7) is 6.40. The summed E-state index contributed by atoms with van der Waals surface area (Å²) in [5.41, 5.74) is 0.515. The highest BCUT2D eigenvalue weighted by Crippen LogP contribution is 2.12. The van der Waals surface area contributed by atoms with Crippen LogP contribution >= 0.6 is 0 Å². The summed E-state index contributed by atoms with van der Waals surface area (Å²) in [5, 5.41) is 2.67. The van der Waals surface area contributed by atoms with Crippen molar-refractivity contribution in [1.29, 1.82) is 0 Å². The Bertz CT molecular complexity index is 544. The number of benzene rings is 1. The maximum Gasteiger partial charge on any atom is 0.251 e. The van der Waals surface area contributed by atoms with Gasteiger partial charge < -0.3 is 19.7 Å². The first-order valence-electron chi connectivity index (χ1n) is 8.50. The Kier molecular flexibility index (Phi) is 7.06. The summed E-state index contributed by atoms with van der Waals surface area (Å²) in [4.78, 5) is 26.0. The maximum atomic E-state index is 12.1.